The first-order valence-electron chi connectivity index (χ1n) is 8.65. The average Bonchev–Trinajstić information content (AvgIpc) is 2.42. The van der Waals surface area contributed by atoms with Crippen molar-refractivity contribution >= 4 is 12.0 Å². The quantitative estimate of drug-likeness (QED) is 0.784. The highest BCUT2D eigenvalue weighted by molar-refractivity contribution is 5.77. The lowest BCUT2D eigenvalue weighted by Crippen LogP contribution is -2.46. The van der Waals surface area contributed by atoms with Crippen LogP contribution in [-0.2, 0) is 9.53 Å². The molecule has 6 nitrogen and oxygen atoms in total. The summed E-state index contributed by atoms with van der Waals surface area (Å²) < 4.78 is 5.12. The Labute approximate surface area is 140 Å². The van der Waals surface area contributed by atoms with E-state index in [1.807, 2.05) is 20.8 Å². The van der Waals surface area contributed by atoms with Crippen molar-refractivity contribution in [2.24, 2.45) is 5.92 Å². The minimum atomic E-state index is -0.520. The summed E-state index contributed by atoms with van der Waals surface area (Å²) in [7, 11) is 0. The predicted molar refractivity (Wildman–Crippen MR) is 91.3 cm³/mol. The van der Waals surface area contributed by atoms with Crippen LogP contribution in [0.2, 0.25) is 0 Å². The zero-order chi connectivity index (χ0) is 17.5. The van der Waals surface area contributed by atoms with Crippen LogP contribution >= 0.6 is 0 Å². The molecule has 23 heavy (non-hydrogen) atoms. The predicted octanol–water partition coefficient (Wildman–Crippen LogP) is 2.14. The third kappa shape index (κ3) is 8.79. The van der Waals surface area contributed by atoms with Gasteiger partial charge in [-0.15, -0.1) is 0 Å². The fourth-order valence-electron chi connectivity index (χ4n) is 2.70. The summed E-state index contributed by atoms with van der Waals surface area (Å²) in [5.74, 6) is 0.692. The lowest BCUT2D eigenvalue weighted by molar-refractivity contribution is -0.121. The van der Waals surface area contributed by atoms with E-state index in [1.165, 1.54) is 12.8 Å². The second kappa shape index (κ2) is 9.11. The molecular formula is C17H33N3O3. The smallest absolute Gasteiger partial charge is 0.407 e. The van der Waals surface area contributed by atoms with Crippen LogP contribution in [0.15, 0.2) is 0 Å². The molecule has 2 N–H and O–H groups in total. The summed E-state index contributed by atoms with van der Waals surface area (Å²) in [5, 5.41) is 5.54. The van der Waals surface area contributed by atoms with E-state index in [4.69, 9.17) is 4.74 Å². The lowest BCUT2D eigenvalue weighted by atomic mass is 9.99. The molecule has 0 unspecified atom stereocenters. The molecule has 1 aliphatic rings. The molecule has 2 amide bonds. The Bertz CT molecular complexity index is 393. The highest BCUT2D eigenvalue weighted by Crippen LogP contribution is 2.17. The second-order valence-electron chi connectivity index (χ2n) is 7.57. The van der Waals surface area contributed by atoms with Gasteiger partial charge < -0.3 is 15.4 Å². The van der Waals surface area contributed by atoms with Gasteiger partial charge in [-0.2, -0.15) is 0 Å². The van der Waals surface area contributed by atoms with Crippen molar-refractivity contribution in [3.8, 4) is 0 Å². The van der Waals surface area contributed by atoms with Crippen LogP contribution in [0.25, 0.3) is 0 Å². The van der Waals surface area contributed by atoms with Gasteiger partial charge in [-0.3, -0.25) is 9.69 Å². The number of nitrogens with zero attached hydrogens (tertiary/aromatic N) is 1. The minimum absolute atomic E-state index is 0.0435. The summed E-state index contributed by atoms with van der Waals surface area (Å²) in [5.41, 5.74) is -0.520. The van der Waals surface area contributed by atoms with Crippen LogP contribution in [0.5, 0.6) is 0 Å². The van der Waals surface area contributed by atoms with E-state index in [2.05, 4.69) is 29.4 Å². The van der Waals surface area contributed by atoms with Crippen molar-refractivity contribution < 1.29 is 14.3 Å². The molecule has 0 bridgehead atoms. The Kier molecular flexibility index (Phi) is 7.82. The molecule has 0 aliphatic carbocycles. The molecule has 0 saturated carbocycles. The number of nitrogens with one attached hydrogen (secondary N) is 2. The molecule has 134 valence electrons. The number of piperidine rings is 1. The monoisotopic (exact) mass is 327 g/mol. The Morgan fingerprint density at radius 2 is 2.00 bits per heavy atom. The highest BCUT2D eigenvalue weighted by atomic mass is 16.6. The molecule has 1 heterocycles. The van der Waals surface area contributed by atoms with E-state index in [0.717, 1.165) is 19.0 Å². The van der Waals surface area contributed by atoms with Crippen LogP contribution in [0.4, 0.5) is 4.79 Å². The molecule has 1 aliphatic heterocycles. The van der Waals surface area contributed by atoms with Gasteiger partial charge >= 0.3 is 6.09 Å². The van der Waals surface area contributed by atoms with E-state index in [-0.39, 0.29) is 18.9 Å². The number of amides is 2. The van der Waals surface area contributed by atoms with E-state index in [1.54, 1.807) is 0 Å². The zero-order valence-electron chi connectivity index (χ0n) is 15.3. The van der Waals surface area contributed by atoms with Gasteiger partial charge in [0.05, 0.1) is 0 Å². The van der Waals surface area contributed by atoms with Crippen molar-refractivity contribution in [2.45, 2.75) is 65.5 Å². The molecule has 0 spiro atoms. The number of hydrogen-bond donors (Lipinski definition) is 2. The molecule has 0 aromatic heterocycles. The normalized spacial score (nSPS) is 20.7. The van der Waals surface area contributed by atoms with Crippen LogP contribution in [0, 0.1) is 5.92 Å². The van der Waals surface area contributed by atoms with Gasteiger partial charge in [0.15, 0.2) is 0 Å². The molecular weight excluding hydrogens is 294 g/mol. The number of alkyl carbamates (subject to hydrolysis) is 1. The van der Waals surface area contributed by atoms with E-state index in [0.29, 0.717) is 12.6 Å². The van der Waals surface area contributed by atoms with Crippen LogP contribution in [0.3, 0.4) is 0 Å². The van der Waals surface area contributed by atoms with Gasteiger partial charge in [0.25, 0.3) is 0 Å². The van der Waals surface area contributed by atoms with E-state index >= 15 is 0 Å². The van der Waals surface area contributed by atoms with Crippen molar-refractivity contribution in [2.75, 3.05) is 26.2 Å². The Balaban J connectivity index is 2.15. The molecule has 1 rings (SSSR count). The van der Waals surface area contributed by atoms with Crippen LogP contribution in [0.1, 0.15) is 53.9 Å². The summed E-state index contributed by atoms with van der Waals surface area (Å²) in [6, 6.07) is 0.348. The van der Waals surface area contributed by atoms with Gasteiger partial charge in [-0.25, -0.2) is 4.79 Å². The van der Waals surface area contributed by atoms with Gasteiger partial charge in [-0.05, 0) is 53.0 Å². The topological polar surface area (TPSA) is 70.7 Å². The highest BCUT2D eigenvalue weighted by Gasteiger charge is 2.21. The number of rotatable bonds is 6. The maximum absolute atomic E-state index is 11.8. The third-order valence-electron chi connectivity index (χ3n) is 3.93. The standard InChI is InChI=1S/C17H33N3O3/c1-13-7-6-10-20(12-13)14(2)11-19-15(21)8-9-18-16(22)23-17(3,4)5/h13-14H,6-12H2,1-5H3,(H,18,22)(H,19,21)/t13-,14-/m0/s1. The molecule has 0 aromatic carbocycles. The molecule has 1 saturated heterocycles. The Morgan fingerprint density at radius 3 is 2.61 bits per heavy atom. The number of hydrogen-bond acceptors (Lipinski definition) is 4. The van der Waals surface area contributed by atoms with Crippen LogP contribution in [-0.4, -0.2) is 54.7 Å². The Hall–Kier alpha value is -1.30. The number of ether oxygens (including phenoxy) is 1. The summed E-state index contributed by atoms with van der Waals surface area (Å²) in [6.07, 6.45) is 2.31. The largest absolute Gasteiger partial charge is 0.444 e. The van der Waals surface area contributed by atoms with Crippen LogP contribution < -0.4 is 10.6 Å². The number of likely N-dealkylation sites (tertiary alicyclic amines) is 1. The summed E-state index contributed by atoms with van der Waals surface area (Å²) in [6.45, 7) is 13.0. The van der Waals surface area contributed by atoms with Gasteiger partial charge in [-0.1, -0.05) is 6.92 Å². The van der Waals surface area contributed by atoms with Crippen molar-refractivity contribution in [3.05, 3.63) is 0 Å². The maximum Gasteiger partial charge on any atom is 0.407 e. The van der Waals surface area contributed by atoms with Crippen molar-refractivity contribution in [3.63, 3.8) is 0 Å². The van der Waals surface area contributed by atoms with Crippen molar-refractivity contribution in [1.29, 1.82) is 0 Å². The van der Waals surface area contributed by atoms with Gasteiger partial charge in [0.1, 0.15) is 5.60 Å². The third-order valence-corrected chi connectivity index (χ3v) is 3.93. The number of carbonyl (C=O) groups is 2. The minimum Gasteiger partial charge on any atom is -0.444 e. The first-order chi connectivity index (χ1) is 10.7. The second-order valence-corrected chi connectivity index (χ2v) is 7.57. The average molecular weight is 327 g/mol. The first-order valence-corrected chi connectivity index (χ1v) is 8.65. The SMILES string of the molecule is C[C@H]1CCCN([C@@H](C)CNC(=O)CCNC(=O)OC(C)(C)C)C1. The fourth-order valence-corrected chi connectivity index (χ4v) is 2.70. The molecule has 6 heteroatoms. The molecule has 2 atom stereocenters. The molecule has 0 aromatic rings. The van der Waals surface area contributed by atoms with Gasteiger partial charge in [0, 0.05) is 32.1 Å². The van der Waals surface area contributed by atoms with E-state index < -0.39 is 11.7 Å². The molecule has 1 fully saturated rings. The Morgan fingerprint density at radius 1 is 1.30 bits per heavy atom. The summed E-state index contributed by atoms with van der Waals surface area (Å²) >= 11 is 0. The lowest BCUT2D eigenvalue weighted by Gasteiger charge is -2.35. The number of carbonyl (C=O) groups excluding carboxylic acids is 2. The van der Waals surface area contributed by atoms with E-state index in [9.17, 15) is 9.59 Å². The van der Waals surface area contributed by atoms with Gasteiger partial charge in [0.2, 0.25) is 5.91 Å². The zero-order valence-corrected chi connectivity index (χ0v) is 15.3. The fraction of sp³-hybridized carbons (Fsp3) is 0.882. The maximum atomic E-state index is 11.8. The first kappa shape index (κ1) is 19.7. The summed E-state index contributed by atoms with van der Waals surface area (Å²) in [4.78, 5) is 25.7. The van der Waals surface area contributed by atoms with Crippen molar-refractivity contribution in [1.82, 2.24) is 15.5 Å². The molecule has 0 radical (unpaired) electrons.